The lowest BCUT2D eigenvalue weighted by atomic mass is 9.93. The van der Waals surface area contributed by atoms with Gasteiger partial charge in [0.05, 0.1) is 38.8 Å². The minimum atomic E-state index is -2.38. The Hall–Kier alpha value is -3.92. The van der Waals surface area contributed by atoms with Crippen molar-refractivity contribution in [2.45, 2.75) is 44.4 Å². The van der Waals surface area contributed by atoms with E-state index in [4.69, 9.17) is 41.0 Å². The normalized spacial score (nSPS) is 13.8. The molecule has 0 unspecified atom stereocenters. The van der Waals surface area contributed by atoms with E-state index in [1.807, 2.05) is 0 Å². The number of aliphatic hydroxyl groups excluding tert-OH is 1. The van der Waals surface area contributed by atoms with Crippen LogP contribution in [-0.2, 0) is 39.7 Å². The summed E-state index contributed by atoms with van der Waals surface area (Å²) in [5, 5.41) is 10.7. The lowest BCUT2D eigenvalue weighted by Gasteiger charge is -2.32. The van der Waals surface area contributed by atoms with Gasteiger partial charge in [0.2, 0.25) is 11.6 Å². The quantitative estimate of drug-likeness (QED) is 0.116. The number of ether oxygens (including phenoxy) is 5. The summed E-state index contributed by atoms with van der Waals surface area (Å²) in [7, 11) is 2.40. The van der Waals surface area contributed by atoms with Crippen LogP contribution in [0.25, 0.3) is 11.2 Å². The van der Waals surface area contributed by atoms with Crippen LogP contribution in [0.2, 0.25) is 5.28 Å². The maximum atomic E-state index is 15.6. The van der Waals surface area contributed by atoms with Gasteiger partial charge < -0.3 is 34.5 Å². The molecule has 3 atom stereocenters. The van der Waals surface area contributed by atoms with Crippen LogP contribution < -0.4 is 5.73 Å². The van der Waals surface area contributed by atoms with Gasteiger partial charge in [-0.1, -0.05) is 12.1 Å². The van der Waals surface area contributed by atoms with Crippen LogP contribution in [0.1, 0.15) is 36.1 Å². The SMILES string of the molecule is CCOC(=O)C(Cc1ccc(C(=O)OC)cc1)(OC[C@@H](OC)[C@@H](O)[C@H](F)n1cnc2c(N)nc(Cl)nc21)C(=O)OCC. The number of carbonyl (C=O) groups excluding carboxylic acids is 3. The standard InChI is InChI=1S/C26H31ClFN5O9/c1-5-40-23(36)26(24(37)41-6-2,11-14-7-9-15(10-8-14)22(35)39-4)42-12-16(38-3)18(34)19(28)33-13-30-17-20(29)31-25(27)32-21(17)33/h7-10,13,16,18-19,34H,5-6,11-12H2,1-4H3,(H2,29,31,32)/t16-,18-,19-/m1/s1. The first kappa shape index (κ1) is 32.6. The van der Waals surface area contributed by atoms with Crippen molar-refractivity contribution in [1.82, 2.24) is 19.5 Å². The molecule has 1 aromatic carbocycles. The molecule has 2 aromatic heterocycles. The zero-order chi connectivity index (χ0) is 31.0. The zero-order valence-electron chi connectivity index (χ0n) is 23.3. The Morgan fingerprint density at radius 2 is 1.71 bits per heavy atom. The molecule has 0 spiro atoms. The summed E-state index contributed by atoms with van der Waals surface area (Å²) in [5.41, 5.74) is 3.99. The van der Waals surface area contributed by atoms with Crippen molar-refractivity contribution in [3.8, 4) is 0 Å². The molecule has 3 N–H and O–H groups in total. The molecule has 0 saturated heterocycles. The number of anilines is 1. The number of carbonyl (C=O) groups is 3. The van der Waals surface area contributed by atoms with Crippen LogP contribution in [0.3, 0.4) is 0 Å². The third-order valence-electron chi connectivity index (χ3n) is 6.18. The van der Waals surface area contributed by atoms with Gasteiger partial charge in [0.15, 0.2) is 11.5 Å². The highest BCUT2D eigenvalue weighted by molar-refractivity contribution is 6.28. The summed E-state index contributed by atoms with van der Waals surface area (Å²) >= 11 is 5.85. The first-order valence-corrected chi connectivity index (χ1v) is 13.1. The number of fused-ring (bicyclic) bond motifs is 1. The second-order valence-electron chi connectivity index (χ2n) is 8.78. The maximum absolute atomic E-state index is 15.6. The van der Waals surface area contributed by atoms with E-state index in [0.717, 1.165) is 10.9 Å². The van der Waals surface area contributed by atoms with Crippen LogP contribution in [0.15, 0.2) is 30.6 Å². The van der Waals surface area contributed by atoms with Crippen molar-refractivity contribution >= 4 is 46.5 Å². The number of nitrogens with two attached hydrogens (primary N) is 1. The van der Waals surface area contributed by atoms with E-state index in [-0.39, 0.29) is 41.0 Å². The molecule has 42 heavy (non-hydrogen) atoms. The summed E-state index contributed by atoms with van der Waals surface area (Å²) in [6.45, 7) is 2.20. The Morgan fingerprint density at radius 3 is 2.26 bits per heavy atom. The molecule has 0 aliphatic heterocycles. The maximum Gasteiger partial charge on any atom is 0.350 e. The van der Waals surface area contributed by atoms with Crippen molar-refractivity contribution in [3.63, 3.8) is 0 Å². The third kappa shape index (κ3) is 6.92. The summed E-state index contributed by atoms with van der Waals surface area (Å²) in [6.07, 6.45) is -4.91. The van der Waals surface area contributed by atoms with Crippen LogP contribution in [0.5, 0.6) is 0 Å². The number of aliphatic hydroxyl groups is 1. The Kier molecular flexibility index (Phi) is 11.1. The molecule has 0 bridgehead atoms. The first-order valence-electron chi connectivity index (χ1n) is 12.7. The van der Waals surface area contributed by atoms with E-state index in [9.17, 15) is 19.5 Å². The van der Waals surface area contributed by atoms with Gasteiger partial charge in [0, 0.05) is 13.5 Å². The predicted molar refractivity (Wildman–Crippen MR) is 145 cm³/mol. The molecule has 3 rings (SSSR count). The fourth-order valence-corrected chi connectivity index (χ4v) is 4.19. The minimum absolute atomic E-state index is 0.0568. The highest BCUT2D eigenvalue weighted by Crippen LogP contribution is 2.28. The number of halogens is 2. The summed E-state index contributed by atoms with van der Waals surface area (Å²) < 4.78 is 42.6. The number of hydrogen-bond acceptors (Lipinski definition) is 13. The average molecular weight is 612 g/mol. The second kappa shape index (κ2) is 14.3. The molecular formula is C26H31ClFN5O9. The molecule has 14 nitrogen and oxygen atoms in total. The molecule has 2 heterocycles. The molecule has 0 aliphatic carbocycles. The predicted octanol–water partition coefficient (Wildman–Crippen LogP) is 1.82. The Morgan fingerprint density at radius 1 is 1.10 bits per heavy atom. The number of hydrogen-bond donors (Lipinski definition) is 2. The van der Waals surface area contributed by atoms with E-state index in [1.54, 1.807) is 0 Å². The number of aromatic nitrogens is 4. The zero-order valence-corrected chi connectivity index (χ0v) is 24.0. The lowest BCUT2D eigenvalue weighted by molar-refractivity contribution is -0.199. The fourth-order valence-electron chi connectivity index (χ4n) is 4.02. The minimum Gasteiger partial charge on any atom is -0.465 e. The van der Waals surface area contributed by atoms with E-state index >= 15 is 4.39 Å². The van der Waals surface area contributed by atoms with Gasteiger partial charge in [-0.25, -0.2) is 23.8 Å². The van der Waals surface area contributed by atoms with Crippen molar-refractivity contribution in [1.29, 1.82) is 0 Å². The average Bonchev–Trinajstić information content (AvgIpc) is 3.40. The topological polar surface area (TPSA) is 187 Å². The molecule has 3 aromatic rings. The first-order chi connectivity index (χ1) is 20.0. The summed E-state index contributed by atoms with van der Waals surface area (Å²) in [4.78, 5) is 50.0. The number of alkyl halides is 1. The molecule has 0 aliphatic rings. The van der Waals surface area contributed by atoms with Crippen molar-refractivity contribution in [3.05, 3.63) is 47.0 Å². The Labute approximate surface area is 244 Å². The van der Waals surface area contributed by atoms with Crippen LogP contribution in [-0.4, -0.2) is 94.4 Å². The molecule has 0 amide bonds. The molecule has 0 saturated carbocycles. The van der Waals surface area contributed by atoms with Gasteiger partial charge in [-0.15, -0.1) is 0 Å². The van der Waals surface area contributed by atoms with Gasteiger partial charge in [-0.05, 0) is 43.1 Å². The van der Waals surface area contributed by atoms with E-state index in [2.05, 4.69) is 15.0 Å². The molecule has 0 radical (unpaired) electrons. The molecule has 16 heteroatoms. The number of benzene rings is 1. The van der Waals surface area contributed by atoms with Crippen LogP contribution in [0.4, 0.5) is 10.2 Å². The monoisotopic (exact) mass is 611 g/mol. The van der Waals surface area contributed by atoms with Gasteiger partial charge >= 0.3 is 17.9 Å². The van der Waals surface area contributed by atoms with Crippen LogP contribution in [0, 0.1) is 0 Å². The number of methoxy groups -OCH3 is 2. The largest absolute Gasteiger partial charge is 0.465 e. The van der Waals surface area contributed by atoms with Crippen molar-refractivity contribution < 1.29 is 47.6 Å². The van der Waals surface area contributed by atoms with Gasteiger partial charge in [-0.3, -0.25) is 4.57 Å². The summed E-state index contributed by atoms with van der Waals surface area (Å²) in [5.74, 6) is -2.84. The third-order valence-corrected chi connectivity index (χ3v) is 6.35. The highest BCUT2D eigenvalue weighted by atomic mass is 35.5. The number of rotatable bonds is 14. The number of nitrogen functional groups attached to an aromatic ring is 1. The Bertz CT molecular complexity index is 1390. The van der Waals surface area contributed by atoms with Crippen molar-refractivity contribution in [2.75, 3.05) is 39.8 Å². The van der Waals surface area contributed by atoms with Gasteiger partial charge in [0.1, 0.15) is 17.7 Å². The second-order valence-corrected chi connectivity index (χ2v) is 9.12. The highest BCUT2D eigenvalue weighted by Gasteiger charge is 2.51. The number of nitrogens with zero attached hydrogens (tertiary/aromatic N) is 4. The van der Waals surface area contributed by atoms with E-state index in [1.165, 1.54) is 52.3 Å². The number of esters is 3. The molecule has 228 valence electrons. The van der Waals surface area contributed by atoms with E-state index < -0.39 is 55.0 Å². The van der Waals surface area contributed by atoms with Crippen LogP contribution >= 0.6 is 11.6 Å². The summed E-state index contributed by atoms with van der Waals surface area (Å²) in [6, 6.07) is 5.86. The smallest absolute Gasteiger partial charge is 0.350 e. The molecule has 0 fully saturated rings. The molecular weight excluding hydrogens is 581 g/mol. The Balaban J connectivity index is 1.93. The van der Waals surface area contributed by atoms with Crippen molar-refractivity contribution in [2.24, 2.45) is 0 Å². The van der Waals surface area contributed by atoms with Gasteiger partial charge in [0.25, 0.3) is 5.60 Å². The van der Waals surface area contributed by atoms with E-state index in [0.29, 0.717) is 5.56 Å². The lowest BCUT2D eigenvalue weighted by Crippen LogP contribution is -2.55. The fraction of sp³-hybridized carbons (Fsp3) is 0.462. The van der Waals surface area contributed by atoms with Gasteiger partial charge in [-0.2, -0.15) is 9.97 Å². The number of imidazole rings is 1.